The number of amides is 1. The van der Waals surface area contributed by atoms with Gasteiger partial charge in [-0.2, -0.15) is 0 Å². The SMILES string of the molecule is COc1ccc(NC(=O)c2ccc(S(N)(=O)=O)cc2)cc1Cl. The van der Waals surface area contributed by atoms with Crippen molar-refractivity contribution in [1.29, 1.82) is 0 Å². The summed E-state index contributed by atoms with van der Waals surface area (Å²) in [6, 6.07) is 10.1. The number of hydrogen-bond donors (Lipinski definition) is 2. The van der Waals surface area contributed by atoms with E-state index in [1.165, 1.54) is 31.4 Å². The Hall–Kier alpha value is -2.09. The summed E-state index contributed by atoms with van der Waals surface area (Å²) in [5.74, 6) is 0.0966. The lowest BCUT2D eigenvalue weighted by molar-refractivity contribution is 0.102. The number of nitrogens with two attached hydrogens (primary N) is 1. The normalized spacial score (nSPS) is 11.0. The van der Waals surface area contributed by atoms with E-state index in [1.807, 2.05) is 0 Å². The van der Waals surface area contributed by atoms with Crippen LogP contribution in [-0.2, 0) is 10.0 Å². The average molecular weight is 341 g/mol. The van der Waals surface area contributed by atoms with Gasteiger partial charge in [-0.25, -0.2) is 13.6 Å². The summed E-state index contributed by atoms with van der Waals surface area (Å²) in [6.07, 6.45) is 0. The molecule has 0 aliphatic rings. The fourth-order valence-corrected chi connectivity index (χ4v) is 2.52. The van der Waals surface area contributed by atoms with Crippen molar-refractivity contribution >= 4 is 33.2 Å². The molecule has 3 N–H and O–H groups in total. The van der Waals surface area contributed by atoms with Gasteiger partial charge in [0.2, 0.25) is 10.0 Å². The zero-order valence-corrected chi connectivity index (χ0v) is 13.1. The number of halogens is 1. The van der Waals surface area contributed by atoms with Gasteiger partial charge in [-0.3, -0.25) is 4.79 Å². The molecule has 0 aliphatic heterocycles. The van der Waals surface area contributed by atoms with Crippen molar-refractivity contribution in [3.8, 4) is 5.75 Å². The summed E-state index contributed by atoms with van der Waals surface area (Å²) >= 11 is 5.97. The van der Waals surface area contributed by atoms with Crippen LogP contribution in [0, 0.1) is 0 Å². The van der Waals surface area contributed by atoms with Crippen molar-refractivity contribution in [2.45, 2.75) is 4.90 Å². The van der Waals surface area contributed by atoms with E-state index in [1.54, 1.807) is 18.2 Å². The van der Waals surface area contributed by atoms with Crippen LogP contribution >= 0.6 is 11.6 Å². The van der Waals surface area contributed by atoms with E-state index in [-0.39, 0.29) is 4.90 Å². The van der Waals surface area contributed by atoms with Crippen molar-refractivity contribution in [3.05, 3.63) is 53.1 Å². The number of primary sulfonamides is 1. The van der Waals surface area contributed by atoms with Gasteiger partial charge in [0.05, 0.1) is 17.0 Å². The van der Waals surface area contributed by atoms with Crippen LogP contribution in [0.5, 0.6) is 5.75 Å². The maximum atomic E-state index is 12.1. The molecular formula is C14H13ClN2O4S. The first-order chi connectivity index (χ1) is 10.3. The lowest BCUT2D eigenvalue weighted by Crippen LogP contribution is -2.14. The molecule has 2 aromatic rings. The second-order valence-corrected chi connectivity index (χ2v) is 6.34. The number of sulfonamides is 1. The summed E-state index contributed by atoms with van der Waals surface area (Å²) in [7, 11) is -2.29. The fourth-order valence-electron chi connectivity index (χ4n) is 1.74. The Labute approximate surface area is 132 Å². The summed E-state index contributed by atoms with van der Waals surface area (Å²) in [5, 5.41) is 8.01. The van der Waals surface area contributed by atoms with E-state index in [0.29, 0.717) is 22.0 Å². The molecule has 0 saturated carbocycles. The quantitative estimate of drug-likeness (QED) is 0.891. The van der Waals surface area contributed by atoms with Gasteiger partial charge in [0, 0.05) is 11.3 Å². The summed E-state index contributed by atoms with van der Waals surface area (Å²) in [4.78, 5) is 12.0. The molecule has 6 nitrogen and oxygen atoms in total. The molecule has 0 unspecified atom stereocenters. The van der Waals surface area contributed by atoms with Gasteiger partial charge >= 0.3 is 0 Å². The zero-order valence-electron chi connectivity index (χ0n) is 11.5. The number of anilines is 1. The van der Waals surface area contributed by atoms with Crippen molar-refractivity contribution in [3.63, 3.8) is 0 Å². The smallest absolute Gasteiger partial charge is 0.255 e. The first-order valence-electron chi connectivity index (χ1n) is 6.09. The Balaban J connectivity index is 2.17. The number of benzene rings is 2. The van der Waals surface area contributed by atoms with Gasteiger partial charge in [-0.1, -0.05) is 11.6 Å². The molecule has 0 aliphatic carbocycles. The zero-order chi connectivity index (χ0) is 16.3. The van der Waals surface area contributed by atoms with Crippen molar-refractivity contribution in [1.82, 2.24) is 0 Å². The van der Waals surface area contributed by atoms with E-state index in [4.69, 9.17) is 21.5 Å². The van der Waals surface area contributed by atoms with Gasteiger partial charge in [-0.15, -0.1) is 0 Å². The predicted molar refractivity (Wildman–Crippen MR) is 83.8 cm³/mol. The van der Waals surface area contributed by atoms with E-state index in [2.05, 4.69) is 5.32 Å². The van der Waals surface area contributed by atoms with Crippen LogP contribution in [-0.4, -0.2) is 21.4 Å². The Morgan fingerprint density at radius 3 is 2.32 bits per heavy atom. The molecule has 0 bridgehead atoms. The summed E-state index contributed by atoms with van der Waals surface area (Å²) in [6.45, 7) is 0. The van der Waals surface area contributed by atoms with Crippen molar-refractivity contribution in [2.24, 2.45) is 5.14 Å². The molecule has 0 fully saturated rings. The molecule has 0 saturated heterocycles. The topological polar surface area (TPSA) is 98.5 Å². The van der Waals surface area contributed by atoms with Crippen LogP contribution < -0.4 is 15.2 Å². The monoisotopic (exact) mass is 340 g/mol. The molecule has 0 radical (unpaired) electrons. The summed E-state index contributed by atoms with van der Waals surface area (Å²) in [5.41, 5.74) is 0.783. The first-order valence-corrected chi connectivity index (χ1v) is 8.01. The molecule has 0 spiro atoms. The van der Waals surface area contributed by atoms with Gasteiger partial charge < -0.3 is 10.1 Å². The third-order valence-corrected chi connectivity index (χ3v) is 4.08. The molecular weight excluding hydrogens is 328 g/mol. The highest BCUT2D eigenvalue weighted by molar-refractivity contribution is 7.89. The molecule has 2 rings (SSSR count). The van der Waals surface area contributed by atoms with Crippen LogP contribution in [0.3, 0.4) is 0 Å². The molecule has 1 amide bonds. The molecule has 22 heavy (non-hydrogen) atoms. The standard InChI is InChI=1S/C14H13ClN2O4S/c1-21-13-7-4-10(8-12(13)15)17-14(18)9-2-5-11(6-3-9)22(16,19)20/h2-8H,1H3,(H,17,18)(H2,16,19,20). The third kappa shape index (κ3) is 3.76. The third-order valence-electron chi connectivity index (χ3n) is 2.85. The van der Waals surface area contributed by atoms with Gasteiger partial charge in [-0.05, 0) is 42.5 Å². The Morgan fingerprint density at radius 2 is 1.82 bits per heavy atom. The second kappa shape index (κ2) is 6.35. The van der Waals surface area contributed by atoms with Gasteiger partial charge in [0.1, 0.15) is 5.75 Å². The van der Waals surface area contributed by atoms with E-state index < -0.39 is 15.9 Å². The number of methoxy groups -OCH3 is 1. The molecule has 0 atom stereocenters. The largest absolute Gasteiger partial charge is 0.495 e. The number of nitrogens with one attached hydrogen (secondary N) is 1. The van der Waals surface area contributed by atoms with Crippen LogP contribution in [0.2, 0.25) is 5.02 Å². The maximum absolute atomic E-state index is 12.1. The number of hydrogen-bond acceptors (Lipinski definition) is 4. The maximum Gasteiger partial charge on any atom is 0.255 e. The molecule has 8 heteroatoms. The number of carbonyl (C=O) groups is 1. The van der Waals surface area contributed by atoms with Crippen LogP contribution in [0.25, 0.3) is 0 Å². The molecule has 0 heterocycles. The van der Waals surface area contributed by atoms with Crippen molar-refractivity contribution < 1.29 is 17.9 Å². The summed E-state index contributed by atoms with van der Waals surface area (Å²) < 4.78 is 27.3. The van der Waals surface area contributed by atoms with Crippen LogP contribution in [0.1, 0.15) is 10.4 Å². The number of carbonyl (C=O) groups excluding carboxylic acids is 1. The molecule has 0 aromatic heterocycles. The van der Waals surface area contributed by atoms with E-state index in [9.17, 15) is 13.2 Å². The Kier molecular flexibility index (Phi) is 4.70. The van der Waals surface area contributed by atoms with E-state index >= 15 is 0 Å². The minimum absolute atomic E-state index is 0.0588. The highest BCUT2D eigenvalue weighted by atomic mass is 35.5. The van der Waals surface area contributed by atoms with Crippen LogP contribution in [0.4, 0.5) is 5.69 Å². The molecule has 2 aromatic carbocycles. The van der Waals surface area contributed by atoms with E-state index in [0.717, 1.165) is 0 Å². The molecule has 116 valence electrons. The van der Waals surface area contributed by atoms with Gasteiger partial charge in [0.25, 0.3) is 5.91 Å². The fraction of sp³-hybridized carbons (Fsp3) is 0.0714. The highest BCUT2D eigenvalue weighted by Gasteiger charge is 2.11. The lowest BCUT2D eigenvalue weighted by atomic mass is 10.2. The number of ether oxygens (including phenoxy) is 1. The Bertz CT molecular complexity index is 804. The lowest BCUT2D eigenvalue weighted by Gasteiger charge is -2.08. The number of rotatable bonds is 4. The first kappa shape index (κ1) is 16.3. The highest BCUT2D eigenvalue weighted by Crippen LogP contribution is 2.27. The van der Waals surface area contributed by atoms with Crippen molar-refractivity contribution in [2.75, 3.05) is 12.4 Å². The minimum atomic E-state index is -3.78. The Morgan fingerprint density at radius 1 is 1.18 bits per heavy atom. The average Bonchev–Trinajstić information content (AvgIpc) is 2.46. The van der Waals surface area contributed by atoms with Gasteiger partial charge in [0.15, 0.2) is 0 Å². The minimum Gasteiger partial charge on any atom is -0.495 e. The predicted octanol–water partition coefficient (Wildman–Crippen LogP) is 2.25. The van der Waals surface area contributed by atoms with Crippen LogP contribution in [0.15, 0.2) is 47.4 Å². The second-order valence-electron chi connectivity index (χ2n) is 4.37.